The van der Waals surface area contributed by atoms with Crippen LogP contribution in [-0.4, -0.2) is 11.1 Å². The second-order valence-corrected chi connectivity index (χ2v) is 4.75. The first-order valence-corrected chi connectivity index (χ1v) is 6.44. The molecule has 1 heterocycles. The highest BCUT2D eigenvalue weighted by molar-refractivity contribution is 5.98. The van der Waals surface area contributed by atoms with Crippen LogP contribution in [0.5, 0.6) is 0 Å². The summed E-state index contributed by atoms with van der Waals surface area (Å²) in [4.78, 5) is 24.1. The minimum atomic E-state index is -1.28. The maximum atomic E-state index is 12.5. The molecule has 0 aliphatic carbocycles. The Bertz CT molecular complexity index is 892. The molecule has 4 heteroatoms. The predicted octanol–water partition coefficient (Wildman–Crippen LogP) is 3.47. The monoisotopic (exact) mass is 280 g/mol. The molecule has 104 valence electrons. The van der Waals surface area contributed by atoms with Gasteiger partial charge in [-0.2, -0.15) is 0 Å². The molecule has 0 bridgehead atoms. The Kier molecular flexibility index (Phi) is 3.06. The topological polar surface area (TPSA) is 67.5 Å². The van der Waals surface area contributed by atoms with E-state index >= 15 is 0 Å². The average molecular weight is 280 g/mol. The van der Waals surface area contributed by atoms with Crippen LogP contribution in [-0.2, 0) is 0 Å². The van der Waals surface area contributed by atoms with Gasteiger partial charge in [0.2, 0.25) is 5.43 Å². The quantitative estimate of drug-likeness (QED) is 0.780. The zero-order valence-electron chi connectivity index (χ0n) is 11.3. The van der Waals surface area contributed by atoms with E-state index in [4.69, 9.17) is 4.42 Å². The zero-order valence-corrected chi connectivity index (χ0v) is 11.3. The molecule has 0 unspecified atom stereocenters. The molecule has 1 aromatic heterocycles. The maximum Gasteiger partial charge on any atom is 0.343 e. The van der Waals surface area contributed by atoms with Crippen LogP contribution in [0.25, 0.3) is 22.3 Å². The molecule has 3 rings (SSSR count). The van der Waals surface area contributed by atoms with Crippen LogP contribution in [0.15, 0.2) is 57.7 Å². The van der Waals surface area contributed by atoms with E-state index in [0.29, 0.717) is 22.1 Å². The largest absolute Gasteiger partial charge is 0.477 e. The molecule has 4 nitrogen and oxygen atoms in total. The van der Waals surface area contributed by atoms with Crippen molar-refractivity contribution in [2.24, 2.45) is 0 Å². The molecule has 0 aliphatic rings. The lowest BCUT2D eigenvalue weighted by Gasteiger charge is -2.08. The van der Waals surface area contributed by atoms with Gasteiger partial charge in [-0.15, -0.1) is 0 Å². The number of aryl methyl sites for hydroxylation is 1. The standard InChI is InChI=1S/C17H12O4/c1-10-6-5-9-12-13(10)15(18)14(17(19)20)16(21-12)11-7-3-2-4-8-11/h2-9H,1H3,(H,19,20). The van der Waals surface area contributed by atoms with E-state index in [-0.39, 0.29) is 11.3 Å². The SMILES string of the molecule is Cc1cccc2oc(-c3ccccc3)c(C(=O)O)c(=O)c12. The van der Waals surface area contributed by atoms with Gasteiger partial charge in [0.25, 0.3) is 0 Å². The van der Waals surface area contributed by atoms with Crippen LogP contribution < -0.4 is 5.43 Å². The fourth-order valence-corrected chi connectivity index (χ4v) is 2.39. The minimum absolute atomic E-state index is 0.0891. The van der Waals surface area contributed by atoms with Crippen LogP contribution in [0.1, 0.15) is 15.9 Å². The van der Waals surface area contributed by atoms with Gasteiger partial charge < -0.3 is 9.52 Å². The Morgan fingerprint density at radius 3 is 2.43 bits per heavy atom. The molecule has 3 aromatic rings. The number of benzene rings is 2. The summed E-state index contributed by atoms with van der Waals surface area (Å²) in [5, 5.41) is 9.71. The number of hydrogen-bond acceptors (Lipinski definition) is 3. The fraction of sp³-hybridized carbons (Fsp3) is 0.0588. The Morgan fingerprint density at radius 2 is 1.76 bits per heavy atom. The van der Waals surface area contributed by atoms with Crippen LogP contribution >= 0.6 is 0 Å². The molecule has 21 heavy (non-hydrogen) atoms. The Morgan fingerprint density at radius 1 is 1.05 bits per heavy atom. The van der Waals surface area contributed by atoms with E-state index in [1.165, 1.54) is 0 Å². The van der Waals surface area contributed by atoms with Crippen molar-refractivity contribution in [3.05, 3.63) is 69.9 Å². The summed E-state index contributed by atoms with van der Waals surface area (Å²) in [5.74, 6) is -1.20. The number of carbonyl (C=O) groups is 1. The lowest BCUT2D eigenvalue weighted by Crippen LogP contribution is -2.17. The van der Waals surface area contributed by atoms with Crippen LogP contribution in [0.3, 0.4) is 0 Å². The summed E-state index contributed by atoms with van der Waals surface area (Å²) in [6, 6.07) is 14.0. The highest BCUT2D eigenvalue weighted by Gasteiger charge is 2.22. The first-order valence-electron chi connectivity index (χ1n) is 6.44. The average Bonchev–Trinajstić information content (AvgIpc) is 2.47. The number of hydrogen-bond donors (Lipinski definition) is 1. The third-order valence-corrected chi connectivity index (χ3v) is 3.38. The van der Waals surface area contributed by atoms with Crippen LogP contribution in [0.2, 0.25) is 0 Å². The Balaban J connectivity index is 2.48. The van der Waals surface area contributed by atoms with E-state index in [1.54, 1.807) is 49.4 Å². The van der Waals surface area contributed by atoms with Gasteiger partial charge in [0.05, 0.1) is 5.39 Å². The number of rotatable bonds is 2. The van der Waals surface area contributed by atoms with Crippen molar-refractivity contribution in [2.45, 2.75) is 6.92 Å². The van der Waals surface area contributed by atoms with Crippen molar-refractivity contribution in [1.82, 2.24) is 0 Å². The fourth-order valence-electron chi connectivity index (χ4n) is 2.39. The van der Waals surface area contributed by atoms with Crippen LogP contribution in [0, 0.1) is 6.92 Å². The van der Waals surface area contributed by atoms with Gasteiger partial charge in [-0.25, -0.2) is 4.79 Å². The number of carboxylic acid groups (broad SMARTS) is 1. The smallest absolute Gasteiger partial charge is 0.343 e. The summed E-state index contributed by atoms with van der Waals surface area (Å²) in [6.45, 7) is 1.76. The third-order valence-electron chi connectivity index (χ3n) is 3.38. The molecule has 0 amide bonds. The van der Waals surface area contributed by atoms with Crippen molar-refractivity contribution in [1.29, 1.82) is 0 Å². The van der Waals surface area contributed by atoms with Gasteiger partial charge in [-0.3, -0.25) is 4.79 Å². The lowest BCUT2D eigenvalue weighted by molar-refractivity contribution is 0.0694. The van der Waals surface area contributed by atoms with Crippen molar-refractivity contribution in [3.63, 3.8) is 0 Å². The third kappa shape index (κ3) is 2.10. The van der Waals surface area contributed by atoms with Crippen molar-refractivity contribution in [3.8, 4) is 11.3 Å². The normalized spacial score (nSPS) is 10.7. The Hall–Kier alpha value is -2.88. The zero-order chi connectivity index (χ0) is 15.0. The number of carboxylic acids is 1. The molecule has 0 fully saturated rings. The van der Waals surface area contributed by atoms with Crippen LogP contribution in [0.4, 0.5) is 0 Å². The summed E-state index contributed by atoms with van der Waals surface area (Å²) >= 11 is 0. The van der Waals surface area contributed by atoms with E-state index in [2.05, 4.69) is 0 Å². The summed E-state index contributed by atoms with van der Waals surface area (Å²) in [7, 11) is 0. The van der Waals surface area contributed by atoms with Gasteiger partial charge in [0.15, 0.2) is 11.3 Å². The van der Waals surface area contributed by atoms with Crippen molar-refractivity contribution >= 4 is 16.9 Å². The van der Waals surface area contributed by atoms with E-state index in [0.717, 1.165) is 0 Å². The molecular formula is C17H12O4. The molecule has 0 saturated carbocycles. The lowest BCUT2D eigenvalue weighted by atomic mass is 10.0. The first kappa shape index (κ1) is 13.1. The van der Waals surface area contributed by atoms with Gasteiger partial charge >= 0.3 is 5.97 Å². The first-order chi connectivity index (χ1) is 10.1. The molecular weight excluding hydrogens is 268 g/mol. The summed E-state index contributed by atoms with van der Waals surface area (Å²) in [5.41, 5.74) is 0.811. The molecule has 0 atom stereocenters. The molecule has 0 saturated heterocycles. The van der Waals surface area contributed by atoms with Gasteiger partial charge in [-0.05, 0) is 18.6 Å². The molecule has 0 spiro atoms. The summed E-state index contributed by atoms with van der Waals surface area (Å²) in [6.07, 6.45) is 0. The van der Waals surface area contributed by atoms with E-state index in [1.807, 2.05) is 6.07 Å². The van der Waals surface area contributed by atoms with Gasteiger partial charge in [0.1, 0.15) is 5.58 Å². The van der Waals surface area contributed by atoms with Gasteiger partial charge in [-0.1, -0.05) is 42.5 Å². The minimum Gasteiger partial charge on any atom is -0.477 e. The van der Waals surface area contributed by atoms with Crippen molar-refractivity contribution in [2.75, 3.05) is 0 Å². The Labute approximate surface area is 120 Å². The van der Waals surface area contributed by atoms with Gasteiger partial charge in [0, 0.05) is 5.56 Å². The number of fused-ring (bicyclic) bond motifs is 1. The van der Waals surface area contributed by atoms with E-state index in [9.17, 15) is 14.7 Å². The second-order valence-electron chi connectivity index (χ2n) is 4.75. The molecule has 2 aromatic carbocycles. The molecule has 1 N–H and O–H groups in total. The predicted molar refractivity (Wildman–Crippen MR) is 79.6 cm³/mol. The van der Waals surface area contributed by atoms with Crippen molar-refractivity contribution < 1.29 is 14.3 Å². The highest BCUT2D eigenvalue weighted by Crippen LogP contribution is 2.26. The summed E-state index contributed by atoms with van der Waals surface area (Å²) < 4.78 is 5.72. The molecule has 0 radical (unpaired) electrons. The molecule has 0 aliphatic heterocycles. The number of aromatic carboxylic acids is 1. The highest BCUT2D eigenvalue weighted by atomic mass is 16.4. The second kappa shape index (κ2) is 4.90. The maximum absolute atomic E-state index is 12.5. The van der Waals surface area contributed by atoms with E-state index < -0.39 is 11.4 Å².